The Bertz CT molecular complexity index is 702. The first kappa shape index (κ1) is 12.6. The van der Waals surface area contributed by atoms with Crippen molar-refractivity contribution < 1.29 is 4.42 Å². The highest BCUT2D eigenvalue weighted by atomic mass is 35.5. The fourth-order valence-electron chi connectivity index (χ4n) is 1.88. The number of fused-ring (bicyclic) bond motifs is 1. The highest BCUT2D eigenvalue weighted by Gasteiger charge is 2.13. The van der Waals surface area contributed by atoms with Crippen molar-refractivity contribution in [2.75, 3.05) is 0 Å². The lowest BCUT2D eigenvalue weighted by Crippen LogP contribution is -1.89. The van der Waals surface area contributed by atoms with Gasteiger partial charge in [-0.2, -0.15) is 5.10 Å². The molecular weight excluding hydrogens is 282 g/mol. The van der Waals surface area contributed by atoms with Gasteiger partial charge in [-0.25, -0.2) is 4.98 Å². The summed E-state index contributed by atoms with van der Waals surface area (Å²) in [4.78, 5) is 4.42. The van der Waals surface area contributed by atoms with E-state index in [9.17, 15) is 0 Å². The van der Waals surface area contributed by atoms with E-state index in [2.05, 4.69) is 10.1 Å². The predicted octanol–water partition coefficient (Wildman–Crippen LogP) is 3.82. The van der Waals surface area contributed by atoms with Gasteiger partial charge in [0.1, 0.15) is 10.7 Å². The largest absolute Gasteiger partial charge is 0.431 e. The minimum Gasteiger partial charge on any atom is -0.431 e. The summed E-state index contributed by atoms with van der Waals surface area (Å²) in [7, 11) is 1.84. The number of para-hydroxylation sites is 2. The monoisotopic (exact) mass is 293 g/mol. The Morgan fingerprint density at radius 1 is 1.37 bits per heavy atom. The molecule has 0 saturated carbocycles. The molecule has 0 saturated heterocycles. The van der Waals surface area contributed by atoms with E-state index in [-0.39, 0.29) is 0 Å². The first-order chi connectivity index (χ1) is 9.15. The summed E-state index contributed by atoms with van der Waals surface area (Å²) in [5, 5.41) is 5.61. The highest BCUT2D eigenvalue weighted by Crippen LogP contribution is 2.29. The number of hydrogen-bond donors (Lipinski definition) is 0. The van der Waals surface area contributed by atoms with E-state index in [1.165, 1.54) is 11.8 Å². The lowest BCUT2D eigenvalue weighted by molar-refractivity contribution is 0.489. The van der Waals surface area contributed by atoms with Gasteiger partial charge in [0.2, 0.25) is 0 Å². The summed E-state index contributed by atoms with van der Waals surface area (Å²) in [6.45, 7) is 1.95. The van der Waals surface area contributed by atoms with Crippen LogP contribution in [-0.2, 0) is 12.8 Å². The molecule has 0 amide bonds. The van der Waals surface area contributed by atoms with Crippen LogP contribution in [-0.4, -0.2) is 14.8 Å². The number of oxazole rings is 1. The zero-order valence-corrected chi connectivity index (χ0v) is 12.1. The third-order valence-corrected chi connectivity index (χ3v) is 4.21. The van der Waals surface area contributed by atoms with E-state index in [0.29, 0.717) is 16.1 Å². The average Bonchev–Trinajstić information content (AvgIpc) is 2.90. The zero-order valence-electron chi connectivity index (χ0n) is 10.6. The van der Waals surface area contributed by atoms with Gasteiger partial charge in [-0.1, -0.05) is 35.5 Å². The quantitative estimate of drug-likeness (QED) is 0.689. The second-order valence-electron chi connectivity index (χ2n) is 4.21. The molecule has 0 aliphatic heterocycles. The molecule has 2 heterocycles. The van der Waals surface area contributed by atoms with E-state index in [1.807, 2.05) is 38.2 Å². The van der Waals surface area contributed by atoms with Crippen LogP contribution in [0, 0.1) is 6.92 Å². The number of hydrogen-bond acceptors (Lipinski definition) is 4. The molecule has 0 fully saturated rings. The molecule has 0 aliphatic carbocycles. The molecule has 0 radical (unpaired) electrons. The lowest BCUT2D eigenvalue weighted by atomic mass is 10.3. The molecule has 0 N–H and O–H groups in total. The Hall–Kier alpha value is -1.46. The second kappa shape index (κ2) is 4.90. The molecule has 0 unspecified atom stereocenters. The van der Waals surface area contributed by atoms with Crippen molar-refractivity contribution in [3.05, 3.63) is 40.7 Å². The van der Waals surface area contributed by atoms with Crippen LogP contribution in [0.1, 0.15) is 11.3 Å². The van der Waals surface area contributed by atoms with Crippen molar-refractivity contribution in [1.29, 1.82) is 0 Å². The maximum absolute atomic E-state index is 6.20. The molecule has 3 aromatic rings. The van der Waals surface area contributed by atoms with Gasteiger partial charge in [0.15, 0.2) is 5.58 Å². The van der Waals surface area contributed by atoms with E-state index < -0.39 is 0 Å². The summed E-state index contributed by atoms with van der Waals surface area (Å²) in [5.41, 5.74) is 3.64. The number of aryl methyl sites for hydroxylation is 2. The van der Waals surface area contributed by atoms with Crippen molar-refractivity contribution in [3.8, 4) is 0 Å². The minimum atomic E-state index is 0.653. The first-order valence-electron chi connectivity index (χ1n) is 5.81. The molecule has 0 aliphatic rings. The Labute approximate surface area is 119 Å². The van der Waals surface area contributed by atoms with Crippen molar-refractivity contribution in [1.82, 2.24) is 14.8 Å². The number of rotatable bonds is 3. The van der Waals surface area contributed by atoms with Crippen LogP contribution in [0.15, 0.2) is 33.9 Å². The Morgan fingerprint density at radius 2 is 2.16 bits per heavy atom. The van der Waals surface area contributed by atoms with Crippen LogP contribution in [0.3, 0.4) is 0 Å². The van der Waals surface area contributed by atoms with Crippen LogP contribution in [0.5, 0.6) is 0 Å². The molecule has 6 heteroatoms. The van der Waals surface area contributed by atoms with Gasteiger partial charge < -0.3 is 4.42 Å². The summed E-state index contributed by atoms with van der Waals surface area (Å²) < 4.78 is 7.34. The van der Waals surface area contributed by atoms with Crippen LogP contribution in [0.2, 0.25) is 5.15 Å². The van der Waals surface area contributed by atoms with Gasteiger partial charge in [-0.3, -0.25) is 4.68 Å². The maximum atomic E-state index is 6.20. The molecule has 19 heavy (non-hydrogen) atoms. The SMILES string of the molecule is Cc1nn(C)c(Cl)c1CSc1nc2ccccc2o1. The Kier molecular flexibility index (Phi) is 3.24. The van der Waals surface area contributed by atoms with Crippen LogP contribution in [0.4, 0.5) is 0 Å². The summed E-state index contributed by atoms with van der Waals surface area (Å²) in [5.74, 6) is 0.700. The normalized spacial score (nSPS) is 11.3. The topological polar surface area (TPSA) is 43.9 Å². The molecule has 4 nitrogen and oxygen atoms in total. The van der Waals surface area contributed by atoms with Crippen molar-refractivity contribution in [3.63, 3.8) is 0 Å². The van der Waals surface area contributed by atoms with Crippen molar-refractivity contribution in [2.24, 2.45) is 7.05 Å². The number of halogens is 1. The zero-order chi connectivity index (χ0) is 13.4. The van der Waals surface area contributed by atoms with Gasteiger partial charge >= 0.3 is 0 Å². The number of aromatic nitrogens is 3. The number of benzene rings is 1. The third kappa shape index (κ3) is 2.35. The van der Waals surface area contributed by atoms with Gasteiger partial charge in [0, 0.05) is 18.4 Å². The molecule has 2 aromatic heterocycles. The number of thioether (sulfide) groups is 1. The number of nitrogens with zero attached hydrogens (tertiary/aromatic N) is 3. The second-order valence-corrected chi connectivity index (χ2v) is 5.50. The lowest BCUT2D eigenvalue weighted by Gasteiger charge is -1.97. The van der Waals surface area contributed by atoms with E-state index in [0.717, 1.165) is 22.4 Å². The Morgan fingerprint density at radius 3 is 2.84 bits per heavy atom. The highest BCUT2D eigenvalue weighted by molar-refractivity contribution is 7.98. The molecule has 98 valence electrons. The fraction of sp³-hybridized carbons (Fsp3) is 0.231. The smallest absolute Gasteiger partial charge is 0.257 e. The predicted molar refractivity (Wildman–Crippen MR) is 76.5 cm³/mol. The van der Waals surface area contributed by atoms with E-state index in [4.69, 9.17) is 16.0 Å². The van der Waals surface area contributed by atoms with Gasteiger partial charge in [-0.05, 0) is 19.1 Å². The van der Waals surface area contributed by atoms with Gasteiger partial charge in [0.05, 0.1) is 5.69 Å². The van der Waals surface area contributed by atoms with E-state index >= 15 is 0 Å². The maximum Gasteiger partial charge on any atom is 0.257 e. The Balaban J connectivity index is 1.82. The van der Waals surface area contributed by atoms with Crippen LogP contribution >= 0.6 is 23.4 Å². The summed E-state index contributed by atoms with van der Waals surface area (Å²) >= 11 is 7.72. The standard InChI is InChI=1S/C13H12ClN3OS/c1-8-9(12(14)17(2)16-8)7-19-13-15-10-5-3-4-6-11(10)18-13/h3-6H,7H2,1-2H3. The van der Waals surface area contributed by atoms with Gasteiger partial charge in [-0.15, -0.1) is 0 Å². The fourth-order valence-corrected chi connectivity index (χ4v) is 3.13. The average molecular weight is 294 g/mol. The summed E-state index contributed by atoms with van der Waals surface area (Å²) in [6.07, 6.45) is 0. The van der Waals surface area contributed by atoms with Crippen molar-refractivity contribution in [2.45, 2.75) is 17.9 Å². The van der Waals surface area contributed by atoms with Crippen LogP contribution < -0.4 is 0 Å². The minimum absolute atomic E-state index is 0.653. The molecule has 0 bridgehead atoms. The third-order valence-electron chi connectivity index (χ3n) is 2.88. The first-order valence-corrected chi connectivity index (χ1v) is 7.18. The molecular formula is C13H12ClN3OS. The molecule has 3 rings (SSSR count). The van der Waals surface area contributed by atoms with Crippen molar-refractivity contribution >= 4 is 34.5 Å². The van der Waals surface area contributed by atoms with Gasteiger partial charge in [0.25, 0.3) is 5.22 Å². The molecule has 1 aromatic carbocycles. The van der Waals surface area contributed by atoms with Crippen LogP contribution in [0.25, 0.3) is 11.1 Å². The summed E-state index contributed by atoms with van der Waals surface area (Å²) in [6, 6.07) is 7.73. The molecule has 0 atom stereocenters. The van der Waals surface area contributed by atoms with E-state index in [1.54, 1.807) is 4.68 Å². The molecule has 0 spiro atoms.